The Morgan fingerprint density at radius 1 is 1.40 bits per heavy atom. The third-order valence-electron chi connectivity index (χ3n) is 2.57. The third kappa shape index (κ3) is 8.18. The van der Waals surface area contributed by atoms with E-state index in [4.69, 9.17) is 0 Å². The van der Waals surface area contributed by atoms with Crippen molar-refractivity contribution in [1.29, 1.82) is 0 Å². The molecule has 0 radical (unpaired) electrons. The molecule has 0 heterocycles. The van der Waals surface area contributed by atoms with Crippen molar-refractivity contribution in [1.82, 2.24) is 10.2 Å². The molecule has 1 amide bonds. The molecule has 0 aliphatic carbocycles. The molecule has 0 saturated heterocycles. The highest BCUT2D eigenvalue weighted by molar-refractivity contribution is 5.73. The van der Waals surface area contributed by atoms with Crippen LogP contribution in [0, 0.1) is 0 Å². The largest absolute Gasteiger partial charge is 0.353 e. The van der Waals surface area contributed by atoms with E-state index in [9.17, 15) is 4.79 Å². The van der Waals surface area contributed by atoms with Gasteiger partial charge in [0.15, 0.2) is 0 Å². The van der Waals surface area contributed by atoms with Crippen LogP contribution in [0.5, 0.6) is 0 Å². The fraction of sp³-hybridized carbons (Fsp3) is 0.750. The van der Waals surface area contributed by atoms with Gasteiger partial charge in [0.1, 0.15) is 0 Å². The number of amides is 1. The Balaban J connectivity index is 3.71. The van der Waals surface area contributed by atoms with E-state index in [1.807, 2.05) is 0 Å². The molecule has 0 aromatic rings. The molecular formula is C12H24N2O. The monoisotopic (exact) mass is 212 g/mol. The quantitative estimate of drug-likeness (QED) is 0.681. The first kappa shape index (κ1) is 14.2. The minimum atomic E-state index is 0.0319. The number of carbonyl (C=O) groups excluding carboxylic acids is 1. The predicted molar refractivity (Wildman–Crippen MR) is 64.8 cm³/mol. The van der Waals surface area contributed by atoms with Crippen molar-refractivity contribution in [2.24, 2.45) is 0 Å². The van der Waals surface area contributed by atoms with Crippen LogP contribution < -0.4 is 5.32 Å². The van der Waals surface area contributed by atoms with Crippen LogP contribution >= 0.6 is 0 Å². The number of allylic oxidation sites excluding steroid dienone is 1. The van der Waals surface area contributed by atoms with Gasteiger partial charge < -0.3 is 10.2 Å². The van der Waals surface area contributed by atoms with Gasteiger partial charge in [-0.2, -0.15) is 0 Å². The summed E-state index contributed by atoms with van der Waals surface area (Å²) < 4.78 is 0. The Labute approximate surface area is 93.5 Å². The summed E-state index contributed by atoms with van der Waals surface area (Å²) in [5, 5.41) is 2.79. The van der Waals surface area contributed by atoms with Crippen molar-refractivity contribution in [3.05, 3.63) is 11.6 Å². The maximum atomic E-state index is 10.7. The van der Waals surface area contributed by atoms with Crippen LogP contribution in [-0.2, 0) is 4.79 Å². The van der Waals surface area contributed by atoms with E-state index in [0.717, 1.165) is 12.8 Å². The maximum Gasteiger partial charge on any atom is 0.217 e. The minimum Gasteiger partial charge on any atom is -0.353 e. The number of hydrogen-bond donors (Lipinski definition) is 1. The molecule has 3 heteroatoms. The molecule has 15 heavy (non-hydrogen) atoms. The molecular weight excluding hydrogens is 188 g/mol. The number of carbonyl (C=O) groups is 1. The second-order valence-corrected chi connectivity index (χ2v) is 4.35. The summed E-state index contributed by atoms with van der Waals surface area (Å²) in [5.41, 5.74) is 1.23. The molecule has 0 rings (SSSR count). The second kappa shape index (κ2) is 7.46. The molecule has 0 bridgehead atoms. The molecule has 1 unspecified atom stereocenters. The van der Waals surface area contributed by atoms with Gasteiger partial charge in [0, 0.05) is 19.5 Å². The molecule has 0 fully saturated rings. The fourth-order valence-corrected chi connectivity index (χ4v) is 1.17. The van der Waals surface area contributed by atoms with Gasteiger partial charge in [-0.3, -0.25) is 4.79 Å². The van der Waals surface area contributed by atoms with Gasteiger partial charge in [-0.05, 0) is 40.8 Å². The Hall–Kier alpha value is -0.830. The summed E-state index contributed by atoms with van der Waals surface area (Å²) in [6, 6.07) is 0.606. The molecule has 1 atom stereocenters. The first-order valence-electron chi connectivity index (χ1n) is 5.50. The van der Waals surface area contributed by atoms with E-state index in [1.165, 1.54) is 5.57 Å². The highest BCUT2D eigenvalue weighted by Crippen LogP contribution is 2.04. The van der Waals surface area contributed by atoms with Gasteiger partial charge >= 0.3 is 0 Å². The molecule has 3 nitrogen and oxygen atoms in total. The van der Waals surface area contributed by atoms with E-state index in [2.05, 4.69) is 44.2 Å². The topological polar surface area (TPSA) is 32.3 Å². The molecule has 0 aromatic carbocycles. The minimum absolute atomic E-state index is 0.0319. The molecule has 88 valence electrons. The summed E-state index contributed by atoms with van der Waals surface area (Å²) >= 11 is 0. The van der Waals surface area contributed by atoms with Gasteiger partial charge in [0.25, 0.3) is 0 Å². The van der Waals surface area contributed by atoms with Crippen LogP contribution in [0.4, 0.5) is 0 Å². The fourth-order valence-electron chi connectivity index (χ4n) is 1.17. The Kier molecular flexibility index (Phi) is 7.05. The van der Waals surface area contributed by atoms with Gasteiger partial charge in [-0.15, -0.1) is 0 Å². The molecule has 0 saturated carbocycles. The lowest BCUT2D eigenvalue weighted by atomic mass is 10.1. The molecule has 1 N–H and O–H groups in total. The van der Waals surface area contributed by atoms with Crippen LogP contribution in [-0.4, -0.2) is 37.5 Å². The average Bonchev–Trinajstić information content (AvgIpc) is 2.14. The SMILES string of the molecule is CC(=O)NCC(C)=CCCC(C)N(C)C. The average molecular weight is 212 g/mol. The number of rotatable bonds is 6. The standard InChI is InChI=1S/C12H24N2O/c1-10(9-13-12(3)15)7-6-8-11(2)14(4)5/h7,11H,6,8-9H2,1-5H3,(H,13,15). The van der Waals surface area contributed by atoms with Crippen molar-refractivity contribution >= 4 is 5.91 Å². The zero-order valence-corrected chi connectivity index (χ0v) is 10.6. The summed E-state index contributed by atoms with van der Waals surface area (Å²) in [4.78, 5) is 12.9. The molecule has 0 aliphatic heterocycles. The summed E-state index contributed by atoms with van der Waals surface area (Å²) in [7, 11) is 4.19. The highest BCUT2D eigenvalue weighted by atomic mass is 16.1. The second-order valence-electron chi connectivity index (χ2n) is 4.35. The smallest absolute Gasteiger partial charge is 0.217 e. The lowest BCUT2D eigenvalue weighted by molar-refractivity contribution is -0.118. The zero-order chi connectivity index (χ0) is 11.8. The van der Waals surface area contributed by atoms with Gasteiger partial charge in [0.05, 0.1) is 0 Å². The lowest BCUT2D eigenvalue weighted by Crippen LogP contribution is -2.24. The van der Waals surface area contributed by atoms with E-state index in [1.54, 1.807) is 6.92 Å². The van der Waals surface area contributed by atoms with Crippen molar-refractivity contribution in [3.8, 4) is 0 Å². The van der Waals surface area contributed by atoms with E-state index >= 15 is 0 Å². The molecule has 0 aromatic heterocycles. The Morgan fingerprint density at radius 3 is 2.47 bits per heavy atom. The van der Waals surface area contributed by atoms with Gasteiger partial charge in [0.2, 0.25) is 5.91 Å². The van der Waals surface area contributed by atoms with Crippen LogP contribution in [0.15, 0.2) is 11.6 Å². The maximum absolute atomic E-state index is 10.7. The van der Waals surface area contributed by atoms with Gasteiger partial charge in [-0.25, -0.2) is 0 Å². The van der Waals surface area contributed by atoms with Gasteiger partial charge in [-0.1, -0.05) is 11.6 Å². The Bertz CT molecular complexity index is 222. The number of hydrogen-bond acceptors (Lipinski definition) is 2. The van der Waals surface area contributed by atoms with E-state index < -0.39 is 0 Å². The molecule has 0 aliphatic rings. The van der Waals surface area contributed by atoms with Crippen molar-refractivity contribution in [2.75, 3.05) is 20.6 Å². The van der Waals surface area contributed by atoms with Crippen molar-refractivity contribution in [3.63, 3.8) is 0 Å². The highest BCUT2D eigenvalue weighted by Gasteiger charge is 2.02. The zero-order valence-electron chi connectivity index (χ0n) is 10.6. The van der Waals surface area contributed by atoms with Crippen LogP contribution in [0.3, 0.4) is 0 Å². The summed E-state index contributed by atoms with van der Waals surface area (Å²) in [6.45, 7) is 6.49. The first-order valence-corrected chi connectivity index (χ1v) is 5.50. The lowest BCUT2D eigenvalue weighted by Gasteiger charge is -2.18. The van der Waals surface area contributed by atoms with Crippen molar-refractivity contribution in [2.45, 2.75) is 39.7 Å². The number of nitrogens with one attached hydrogen (secondary N) is 1. The van der Waals surface area contributed by atoms with Crippen molar-refractivity contribution < 1.29 is 4.79 Å². The molecule has 0 spiro atoms. The summed E-state index contributed by atoms with van der Waals surface area (Å²) in [5.74, 6) is 0.0319. The normalized spacial score (nSPS) is 14.1. The van der Waals surface area contributed by atoms with E-state index in [0.29, 0.717) is 12.6 Å². The van der Waals surface area contributed by atoms with E-state index in [-0.39, 0.29) is 5.91 Å². The number of nitrogens with zero attached hydrogens (tertiary/aromatic N) is 1. The summed E-state index contributed by atoms with van der Waals surface area (Å²) in [6.07, 6.45) is 4.44. The van der Waals surface area contributed by atoms with Crippen LogP contribution in [0.2, 0.25) is 0 Å². The Morgan fingerprint density at radius 2 is 2.00 bits per heavy atom. The van der Waals surface area contributed by atoms with Crippen LogP contribution in [0.25, 0.3) is 0 Å². The third-order valence-corrected chi connectivity index (χ3v) is 2.57. The van der Waals surface area contributed by atoms with Crippen LogP contribution in [0.1, 0.15) is 33.6 Å². The first-order chi connectivity index (χ1) is 6.93. The predicted octanol–water partition coefficient (Wildman–Crippen LogP) is 1.80.